The molecule has 0 saturated carbocycles. The maximum absolute atomic E-state index is 7.00. The third-order valence-corrected chi connectivity index (χ3v) is 1.82. The summed E-state index contributed by atoms with van der Waals surface area (Å²) >= 11 is 0. The number of hydrogen-bond acceptors (Lipinski definition) is 2. The lowest BCUT2D eigenvalue weighted by Crippen LogP contribution is -2.23. The van der Waals surface area contributed by atoms with E-state index in [4.69, 9.17) is 5.11 Å². The van der Waals surface area contributed by atoms with Crippen LogP contribution in [0.2, 0.25) is 0 Å². The van der Waals surface area contributed by atoms with Crippen LogP contribution in [-0.2, 0) is 0 Å². The van der Waals surface area contributed by atoms with E-state index in [-0.39, 0.29) is 0 Å². The molecule has 1 rings (SSSR count). The fraction of sp³-hybridized carbons (Fsp3) is 1.00. The SMILES string of the molecule is CC.CC(C)CN1CCCC1.CO. The lowest BCUT2D eigenvalue weighted by Gasteiger charge is -2.16. The van der Waals surface area contributed by atoms with Gasteiger partial charge in [0.05, 0.1) is 0 Å². The summed E-state index contributed by atoms with van der Waals surface area (Å²) in [7, 11) is 1.00. The second kappa shape index (κ2) is 11.9. The quantitative estimate of drug-likeness (QED) is 0.721. The Morgan fingerprint density at radius 2 is 1.46 bits per heavy atom. The highest BCUT2D eigenvalue weighted by Gasteiger charge is 2.11. The normalized spacial score (nSPS) is 15.9. The summed E-state index contributed by atoms with van der Waals surface area (Å²) in [4.78, 5) is 2.56. The first-order valence-electron chi connectivity index (χ1n) is 5.46. The molecule has 1 N–H and O–H groups in total. The summed E-state index contributed by atoms with van der Waals surface area (Å²) in [6.45, 7) is 12.6. The summed E-state index contributed by atoms with van der Waals surface area (Å²) in [6, 6.07) is 0. The molecule has 1 saturated heterocycles. The van der Waals surface area contributed by atoms with Crippen LogP contribution in [-0.4, -0.2) is 36.8 Å². The van der Waals surface area contributed by atoms with Gasteiger partial charge in [0.15, 0.2) is 0 Å². The average Bonchev–Trinajstić information content (AvgIpc) is 2.63. The molecule has 0 aliphatic carbocycles. The van der Waals surface area contributed by atoms with Gasteiger partial charge in [-0.3, -0.25) is 0 Å². The van der Waals surface area contributed by atoms with Crippen molar-refractivity contribution in [3.05, 3.63) is 0 Å². The van der Waals surface area contributed by atoms with Crippen LogP contribution in [0.3, 0.4) is 0 Å². The van der Waals surface area contributed by atoms with Crippen LogP contribution in [0, 0.1) is 5.92 Å². The van der Waals surface area contributed by atoms with Crippen molar-refractivity contribution in [1.82, 2.24) is 4.90 Å². The van der Waals surface area contributed by atoms with Crippen LogP contribution in [0.4, 0.5) is 0 Å². The van der Waals surface area contributed by atoms with Crippen molar-refractivity contribution in [3.63, 3.8) is 0 Å². The number of likely N-dealkylation sites (tertiary alicyclic amines) is 1. The first-order chi connectivity index (χ1) is 6.29. The third kappa shape index (κ3) is 9.84. The van der Waals surface area contributed by atoms with E-state index in [2.05, 4.69) is 18.7 Å². The summed E-state index contributed by atoms with van der Waals surface area (Å²) in [5.41, 5.74) is 0. The monoisotopic (exact) mass is 189 g/mol. The Labute approximate surface area is 83.9 Å². The lowest BCUT2D eigenvalue weighted by molar-refractivity contribution is 0.298. The average molecular weight is 189 g/mol. The minimum absolute atomic E-state index is 0.850. The van der Waals surface area contributed by atoms with Gasteiger partial charge in [-0.1, -0.05) is 27.7 Å². The first kappa shape index (κ1) is 15.4. The molecular formula is C11H27NO. The van der Waals surface area contributed by atoms with Gasteiger partial charge >= 0.3 is 0 Å². The molecule has 0 radical (unpaired) electrons. The Balaban J connectivity index is 0. The molecule has 2 nitrogen and oxygen atoms in total. The Morgan fingerprint density at radius 3 is 1.77 bits per heavy atom. The van der Waals surface area contributed by atoms with Crippen LogP contribution < -0.4 is 0 Å². The van der Waals surface area contributed by atoms with E-state index in [1.807, 2.05) is 13.8 Å². The van der Waals surface area contributed by atoms with Gasteiger partial charge in [0, 0.05) is 13.7 Å². The van der Waals surface area contributed by atoms with Gasteiger partial charge in [0.25, 0.3) is 0 Å². The fourth-order valence-electron chi connectivity index (χ4n) is 1.48. The predicted octanol–water partition coefficient (Wildman–Crippen LogP) is 2.37. The van der Waals surface area contributed by atoms with Crippen molar-refractivity contribution in [2.45, 2.75) is 40.5 Å². The van der Waals surface area contributed by atoms with Gasteiger partial charge in [0.2, 0.25) is 0 Å². The summed E-state index contributed by atoms with van der Waals surface area (Å²) in [5.74, 6) is 0.850. The molecular weight excluding hydrogens is 162 g/mol. The molecule has 0 aromatic carbocycles. The van der Waals surface area contributed by atoms with Crippen LogP contribution >= 0.6 is 0 Å². The molecule has 0 aromatic heterocycles. The second-order valence-electron chi connectivity index (χ2n) is 3.40. The summed E-state index contributed by atoms with van der Waals surface area (Å²) < 4.78 is 0. The van der Waals surface area contributed by atoms with Crippen molar-refractivity contribution in [3.8, 4) is 0 Å². The Morgan fingerprint density at radius 1 is 1.08 bits per heavy atom. The van der Waals surface area contributed by atoms with Gasteiger partial charge < -0.3 is 10.0 Å². The van der Waals surface area contributed by atoms with Crippen LogP contribution in [0.5, 0.6) is 0 Å². The Kier molecular flexibility index (Phi) is 14.1. The van der Waals surface area contributed by atoms with Gasteiger partial charge in [-0.15, -0.1) is 0 Å². The number of rotatable bonds is 2. The van der Waals surface area contributed by atoms with Gasteiger partial charge in [0.1, 0.15) is 0 Å². The molecule has 0 atom stereocenters. The van der Waals surface area contributed by atoms with E-state index in [0.29, 0.717) is 0 Å². The molecule has 13 heavy (non-hydrogen) atoms. The molecule has 0 bridgehead atoms. The zero-order valence-corrected chi connectivity index (χ0v) is 10.0. The van der Waals surface area contributed by atoms with Gasteiger partial charge in [-0.25, -0.2) is 0 Å². The van der Waals surface area contributed by atoms with Crippen molar-refractivity contribution in [2.24, 2.45) is 5.92 Å². The van der Waals surface area contributed by atoms with Crippen molar-refractivity contribution >= 4 is 0 Å². The number of hydrogen-bond donors (Lipinski definition) is 1. The number of aliphatic hydroxyl groups is 1. The predicted molar refractivity (Wildman–Crippen MR) is 60.0 cm³/mol. The lowest BCUT2D eigenvalue weighted by atomic mass is 10.2. The Bertz CT molecular complexity index is 78.2. The molecule has 0 spiro atoms. The molecule has 1 fully saturated rings. The molecule has 1 aliphatic heterocycles. The van der Waals surface area contributed by atoms with E-state index in [1.54, 1.807) is 0 Å². The maximum Gasteiger partial charge on any atom is 0.0319 e. The third-order valence-electron chi connectivity index (χ3n) is 1.82. The molecule has 0 amide bonds. The highest BCUT2D eigenvalue weighted by molar-refractivity contribution is 4.66. The van der Waals surface area contributed by atoms with E-state index in [1.165, 1.54) is 32.5 Å². The van der Waals surface area contributed by atoms with Gasteiger partial charge in [-0.05, 0) is 31.8 Å². The Hall–Kier alpha value is -0.0800. The molecule has 82 valence electrons. The largest absolute Gasteiger partial charge is 0.400 e. The summed E-state index contributed by atoms with van der Waals surface area (Å²) in [5, 5.41) is 7.00. The highest BCUT2D eigenvalue weighted by atomic mass is 16.2. The topological polar surface area (TPSA) is 23.5 Å². The van der Waals surface area contributed by atoms with Crippen molar-refractivity contribution in [2.75, 3.05) is 26.7 Å². The zero-order chi connectivity index (χ0) is 10.7. The highest BCUT2D eigenvalue weighted by Crippen LogP contribution is 2.09. The maximum atomic E-state index is 7.00. The van der Waals surface area contributed by atoms with Crippen molar-refractivity contribution in [1.29, 1.82) is 0 Å². The molecule has 0 unspecified atom stereocenters. The smallest absolute Gasteiger partial charge is 0.0319 e. The van der Waals surface area contributed by atoms with Crippen LogP contribution in [0.15, 0.2) is 0 Å². The fourth-order valence-corrected chi connectivity index (χ4v) is 1.48. The van der Waals surface area contributed by atoms with Crippen LogP contribution in [0.1, 0.15) is 40.5 Å². The standard InChI is InChI=1S/C8H17N.C2H6.CH4O/c1-8(2)7-9-5-3-4-6-9;2*1-2/h8H,3-7H2,1-2H3;1-2H3;2H,1H3. The van der Waals surface area contributed by atoms with Crippen molar-refractivity contribution < 1.29 is 5.11 Å². The second-order valence-corrected chi connectivity index (χ2v) is 3.40. The summed E-state index contributed by atoms with van der Waals surface area (Å²) in [6.07, 6.45) is 2.85. The van der Waals surface area contributed by atoms with E-state index >= 15 is 0 Å². The van der Waals surface area contributed by atoms with Crippen LogP contribution in [0.25, 0.3) is 0 Å². The number of aliphatic hydroxyl groups excluding tert-OH is 1. The van der Waals surface area contributed by atoms with E-state index in [0.717, 1.165) is 13.0 Å². The minimum atomic E-state index is 0.850. The van der Waals surface area contributed by atoms with E-state index in [9.17, 15) is 0 Å². The molecule has 2 heteroatoms. The van der Waals surface area contributed by atoms with E-state index < -0.39 is 0 Å². The molecule has 1 aliphatic rings. The minimum Gasteiger partial charge on any atom is -0.400 e. The van der Waals surface area contributed by atoms with Gasteiger partial charge in [-0.2, -0.15) is 0 Å². The molecule has 1 heterocycles. The first-order valence-corrected chi connectivity index (χ1v) is 5.46. The number of nitrogens with zero attached hydrogens (tertiary/aromatic N) is 1. The zero-order valence-electron chi connectivity index (χ0n) is 10.0. The molecule has 0 aromatic rings.